The molecule has 2 aromatic carbocycles. The van der Waals surface area contributed by atoms with Gasteiger partial charge in [-0.25, -0.2) is 4.39 Å². The molecule has 8 heteroatoms. The largest absolute Gasteiger partial charge is 0.485 e. The topological polar surface area (TPSA) is 69.3 Å². The standard InChI is InChI=1S/C25H23ClFN3O3/c1-15-11-19(26)7-9-22(15)32-14-21-8-10-23(33-21)25(31)28-24-16(2)29-30(17(24)3)13-18-5-4-6-20(27)12-18/h4-12H,13-14H2,1-3H3,(H,28,31). The van der Waals surface area contributed by atoms with Crippen molar-refractivity contribution in [3.05, 3.63) is 99.5 Å². The molecule has 2 aromatic heterocycles. The predicted molar refractivity (Wildman–Crippen MR) is 124 cm³/mol. The van der Waals surface area contributed by atoms with Gasteiger partial charge in [0.05, 0.1) is 23.6 Å². The van der Waals surface area contributed by atoms with Crippen molar-refractivity contribution in [3.63, 3.8) is 0 Å². The summed E-state index contributed by atoms with van der Waals surface area (Å²) in [5, 5.41) is 7.99. The van der Waals surface area contributed by atoms with Crippen molar-refractivity contribution in [2.45, 2.75) is 33.9 Å². The average Bonchev–Trinajstić information content (AvgIpc) is 3.34. The number of aryl methyl sites for hydroxylation is 2. The second-order valence-corrected chi connectivity index (χ2v) is 8.19. The Morgan fingerprint density at radius 1 is 1.15 bits per heavy atom. The van der Waals surface area contributed by atoms with Gasteiger partial charge in [-0.2, -0.15) is 5.10 Å². The molecule has 2 heterocycles. The maximum atomic E-state index is 13.5. The number of ether oxygens (including phenoxy) is 1. The van der Waals surface area contributed by atoms with Crippen molar-refractivity contribution in [3.8, 4) is 5.75 Å². The van der Waals surface area contributed by atoms with Crippen LogP contribution in [0.5, 0.6) is 5.75 Å². The Bertz CT molecular complexity index is 1310. The molecule has 4 aromatic rings. The van der Waals surface area contributed by atoms with Gasteiger partial charge in [-0.3, -0.25) is 9.48 Å². The van der Waals surface area contributed by atoms with Crippen LogP contribution in [-0.2, 0) is 13.2 Å². The summed E-state index contributed by atoms with van der Waals surface area (Å²) in [5.74, 6) is 0.688. The Labute approximate surface area is 195 Å². The van der Waals surface area contributed by atoms with E-state index in [1.165, 1.54) is 12.1 Å². The zero-order chi connectivity index (χ0) is 23.5. The number of benzene rings is 2. The highest BCUT2D eigenvalue weighted by atomic mass is 35.5. The molecule has 1 N–H and O–H groups in total. The highest BCUT2D eigenvalue weighted by Crippen LogP contribution is 2.24. The molecule has 0 spiro atoms. The highest BCUT2D eigenvalue weighted by molar-refractivity contribution is 6.30. The number of rotatable bonds is 7. The fourth-order valence-electron chi connectivity index (χ4n) is 3.52. The molecule has 0 aliphatic rings. The monoisotopic (exact) mass is 467 g/mol. The van der Waals surface area contributed by atoms with Gasteiger partial charge in [0, 0.05) is 5.02 Å². The molecule has 0 aliphatic carbocycles. The van der Waals surface area contributed by atoms with E-state index >= 15 is 0 Å². The van der Waals surface area contributed by atoms with E-state index in [-0.39, 0.29) is 24.1 Å². The van der Waals surface area contributed by atoms with Crippen LogP contribution in [0.15, 0.2) is 59.0 Å². The van der Waals surface area contributed by atoms with Gasteiger partial charge in [0.15, 0.2) is 5.76 Å². The van der Waals surface area contributed by atoms with E-state index in [0.29, 0.717) is 34.5 Å². The Hall–Kier alpha value is -3.58. The first-order chi connectivity index (χ1) is 15.8. The van der Waals surface area contributed by atoms with Crippen LogP contribution in [0.4, 0.5) is 10.1 Å². The third-order valence-corrected chi connectivity index (χ3v) is 5.47. The summed E-state index contributed by atoms with van der Waals surface area (Å²) >= 11 is 5.97. The molecular weight excluding hydrogens is 445 g/mol. The van der Waals surface area contributed by atoms with Gasteiger partial charge in [0.1, 0.15) is 23.9 Å². The lowest BCUT2D eigenvalue weighted by atomic mass is 10.2. The minimum Gasteiger partial charge on any atom is -0.485 e. The van der Waals surface area contributed by atoms with Gasteiger partial charge in [-0.15, -0.1) is 0 Å². The van der Waals surface area contributed by atoms with Crippen LogP contribution in [0.1, 0.15) is 38.8 Å². The molecule has 0 saturated heterocycles. The summed E-state index contributed by atoms with van der Waals surface area (Å²) < 4.78 is 26.7. The third-order valence-electron chi connectivity index (χ3n) is 5.23. The van der Waals surface area contributed by atoms with Crippen molar-refractivity contribution >= 4 is 23.2 Å². The molecule has 0 radical (unpaired) electrons. The minimum atomic E-state index is -0.388. The second-order valence-electron chi connectivity index (χ2n) is 7.75. The maximum absolute atomic E-state index is 13.5. The Kier molecular flexibility index (Phi) is 6.51. The summed E-state index contributed by atoms with van der Waals surface area (Å²) in [6.45, 7) is 6.14. The van der Waals surface area contributed by atoms with E-state index in [4.69, 9.17) is 20.8 Å². The van der Waals surface area contributed by atoms with Gasteiger partial charge in [-0.05, 0) is 74.4 Å². The van der Waals surface area contributed by atoms with Crippen LogP contribution in [0.25, 0.3) is 0 Å². The van der Waals surface area contributed by atoms with Gasteiger partial charge in [0.2, 0.25) is 0 Å². The molecule has 0 saturated carbocycles. The zero-order valence-electron chi connectivity index (χ0n) is 18.5. The first-order valence-corrected chi connectivity index (χ1v) is 10.8. The van der Waals surface area contributed by atoms with Gasteiger partial charge in [-0.1, -0.05) is 23.7 Å². The average molecular weight is 468 g/mol. The number of nitrogens with one attached hydrogen (secondary N) is 1. The van der Waals surface area contributed by atoms with Gasteiger partial charge >= 0.3 is 0 Å². The minimum absolute atomic E-state index is 0.165. The first-order valence-electron chi connectivity index (χ1n) is 10.4. The molecule has 170 valence electrons. The van der Waals surface area contributed by atoms with Crippen molar-refractivity contribution in [2.75, 3.05) is 5.32 Å². The van der Waals surface area contributed by atoms with Crippen LogP contribution in [0, 0.1) is 26.6 Å². The number of amides is 1. The fraction of sp³-hybridized carbons (Fsp3) is 0.200. The lowest BCUT2D eigenvalue weighted by molar-refractivity contribution is 0.0992. The van der Waals surface area contributed by atoms with Crippen molar-refractivity contribution in [1.82, 2.24) is 9.78 Å². The van der Waals surface area contributed by atoms with Crippen molar-refractivity contribution in [2.24, 2.45) is 0 Å². The highest BCUT2D eigenvalue weighted by Gasteiger charge is 2.18. The molecule has 0 fully saturated rings. The van der Waals surface area contributed by atoms with Crippen LogP contribution < -0.4 is 10.1 Å². The maximum Gasteiger partial charge on any atom is 0.291 e. The second kappa shape index (κ2) is 9.50. The van der Waals surface area contributed by atoms with Crippen molar-refractivity contribution in [1.29, 1.82) is 0 Å². The quantitative estimate of drug-likeness (QED) is 0.358. The fourth-order valence-corrected chi connectivity index (χ4v) is 3.74. The number of hydrogen-bond donors (Lipinski definition) is 1. The lowest BCUT2D eigenvalue weighted by Gasteiger charge is -2.08. The number of furan rings is 1. The molecule has 0 aliphatic heterocycles. The summed E-state index contributed by atoms with van der Waals surface area (Å²) in [4.78, 5) is 12.8. The van der Waals surface area contributed by atoms with E-state index in [0.717, 1.165) is 16.8 Å². The molecular formula is C25H23ClFN3O3. The SMILES string of the molecule is Cc1cc(Cl)ccc1OCc1ccc(C(=O)Nc2c(C)nn(Cc3cccc(F)c3)c2C)o1. The van der Waals surface area contributed by atoms with Crippen LogP contribution in [0.3, 0.4) is 0 Å². The van der Waals surface area contributed by atoms with Gasteiger partial charge < -0.3 is 14.5 Å². The first kappa shape index (κ1) is 22.6. The molecule has 0 atom stereocenters. The Morgan fingerprint density at radius 2 is 1.97 bits per heavy atom. The van der Waals surface area contributed by atoms with E-state index in [1.807, 2.05) is 26.0 Å². The van der Waals surface area contributed by atoms with E-state index in [1.54, 1.807) is 41.9 Å². The molecule has 4 rings (SSSR count). The summed E-state index contributed by atoms with van der Waals surface area (Å²) in [7, 11) is 0. The predicted octanol–water partition coefficient (Wildman–Crippen LogP) is 6.07. The number of carbonyl (C=O) groups is 1. The molecule has 33 heavy (non-hydrogen) atoms. The van der Waals surface area contributed by atoms with Crippen molar-refractivity contribution < 1.29 is 18.3 Å². The number of carbonyl (C=O) groups excluding carboxylic acids is 1. The number of aromatic nitrogens is 2. The van der Waals surface area contributed by atoms with E-state index in [2.05, 4.69) is 10.4 Å². The van der Waals surface area contributed by atoms with Crippen LogP contribution >= 0.6 is 11.6 Å². The lowest BCUT2D eigenvalue weighted by Crippen LogP contribution is -2.12. The van der Waals surface area contributed by atoms with Crippen LogP contribution in [-0.4, -0.2) is 15.7 Å². The molecule has 0 bridgehead atoms. The Morgan fingerprint density at radius 3 is 2.73 bits per heavy atom. The van der Waals surface area contributed by atoms with E-state index in [9.17, 15) is 9.18 Å². The third kappa shape index (κ3) is 5.26. The normalized spacial score (nSPS) is 10.9. The molecule has 6 nitrogen and oxygen atoms in total. The van der Waals surface area contributed by atoms with Crippen LogP contribution in [0.2, 0.25) is 5.02 Å². The summed E-state index contributed by atoms with van der Waals surface area (Å²) in [6, 6.07) is 15.0. The Balaban J connectivity index is 1.42. The molecule has 0 unspecified atom stereocenters. The number of halogens is 2. The number of hydrogen-bond acceptors (Lipinski definition) is 4. The van der Waals surface area contributed by atoms with E-state index < -0.39 is 0 Å². The smallest absolute Gasteiger partial charge is 0.291 e. The molecule has 1 amide bonds. The van der Waals surface area contributed by atoms with Gasteiger partial charge in [0.25, 0.3) is 5.91 Å². The number of nitrogens with zero attached hydrogens (tertiary/aromatic N) is 2. The zero-order valence-corrected chi connectivity index (χ0v) is 19.2. The summed E-state index contributed by atoms with van der Waals surface area (Å²) in [5.41, 5.74) is 3.71. The summed E-state index contributed by atoms with van der Waals surface area (Å²) in [6.07, 6.45) is 0. The number of anilines is 1.